The molecule has 0 radical (unpaired) electrons. The molecular formula is C27H18F5N5O2. The summed E-state index contributed by atoms with van der Waals surface area (Å²) >= 11 is 0. The van der Waals surface area contributed by atoms with Crippen LogP contribution in [-0.2, 0) is 16.4 Å². The molecule has 1 N–H and O–H groups in total. The molecule has 0 bridgehead atoms. The maximum atomic E-state index is 13.8. The molecule has 4 aromatic rings. The van der Waals surface area contributed by atoms with E-state index in [4.69, 9.17) is 0 Å². The topological polar surface area (TPSA) is 88.1 Å². The minimum Gasteiger partial charge on any atom is -0.322 e. The van der Waals surface area contributed by atoms with Crippen LogP contribution in [0.25, 0.3) is 11.1 Å². The van der Waals surface area contributed by atoms with Crippen molar-refractivity contribution in [3.63, 3.8) is 0 Å². The summed E-state index contributed by atoms with van der Waals surface area (Å²) in [5, 5.41) is 2.16. The molecule has 0 saturated carbocycles. The van der Waals surface area contributed by atoms with Gasteiger partial charge in [-0.05, 0) is 55.3 Å². The molecule has 2 aromatic carbocycles. The van der Waals surface area contributed by atoms with E-state index in [1.54, 1.807) is 38.1 Å². The van der Waals surface area contributed by atoms with Crippen molar-refractivity contribution in [1.82, 2.24) is 15.0 Å². The van der Waals surface area contributed by atoms with Gasteiger partial charge in [-0.25, -0.2) is 23.6 Å². The van der Waals surface area contributed by atoms with E-state index in [2.05, 4.69) is 20.3 Å². The lowest BCUT2D eigenvalue weighted by Gasteiger charge is -2.20. The third kappa shape index (κ3) is 4.47. The Hall–Kier alpha value is -4.74. The van der Waals surface area contributed by atoms with E-state index in [-0.39, 0.29) is 23.1 Å². The molecule has 0 aliphatic carbocycles. The van der Waals surface area contributed by atoms with Gasteiger partial charge in [0.1, 0.15) is 0 Å². The number of benzene rings is 2. The molecule has 2 amide bonds. The number of hydrogen-bond acceptors (Lipinski definition) is 5. The Balaban J connectivity index is 1.64. The zero-order valence-electron chi connectivity index (χ0n) is 20.3. The van der Waals surface area contributed by atoms with Crippen molar-refractivity contribution in [1.29, 1.82) is 0 Å². The third-order valence-corrected chi connectivity index (χ3v) is 6.29. The van der Waals surface area contributed by atoms with Crippen LogP contribution in [0.15, 0.2) is 67.1 Å². The van der Waals surface area contributed by atoms with E-state index in [0.29, 0.717) is 22.9 Å². The molecule has 2 aromatic heterocycles. The standard InChI is InChI=1S/C27H18F5N5O2/c1-26(2)21-16(5-3-6-20(21)37(24(26)39)25-33-9-4-10-34-25)14-11-17(22(35-13-14)27(30,31)32)23(38)36-15-7-8-18(28)19(29)12-15/h3-13H,1-2H3,(H,36,38). The van der Waals surface area contributed by atoms with E-state index in [9.17, 15) is 31.5 Å². The summed E-state index contributed by atoms with van der Waals surface area (Å²) < 4.78 is 68.3. The third-order valence-electron chi connectivity index (χ3n) is 6.29. The molecule has 1 aliphatic heterocycles. The molecule has 1 aliphatic rings. The average Bonchev–Trinajstić information content (AvgIpc) is 3.11. The number of hydrogen-bond donors (Lipinski definition) is 1. The first-order valence-corrected chi connectivity index (χ1v) is 11.5. The van der Waals surface area contributed by atoms with Crippen LogP contribution in [0.5, 0.6) is 0 Å². The van der Waals surface area contributed by atoms with Crippen LogP contribution in [0.4, 0.5) is 39.3 Å². The number of carbonyl (C=O) groups is 2. The van der Waals surface area contributed by atoms with E-state index in [1.807, 2.05) is 0 Å². The van der Waals surface area contributed by atoms with E-state index >= 15 is 0 Å². The summed E-state index contributed by atoms with van der Waals surface area (Å²) in [4.78, 5) is 39.6. The van der Waals surface area contributed by atoms with Crippen molar-refractivity contribution in [3.05, 3.63) is 95.6 Å². The predicted molar refractivity (Wildman–Crippen MR) is 131 cm³/mol. The van der Waals surface area contributed by atoms with Gasteiger partial charge in [0.2, 0.25) is 11.9 Å². The maximum Gasteiger partial charge on any atom is 0.434 e. The zero-order chi connectivity index (χ0) is 28.1. The summed E-state index contributed by atoms with van der Waals surface area (Å²) in [6, 6.07) is 9.86. The number of nitrogens with one attached hydrogen (secondary N) is 1. The largest absolute Gasteiger partial charge is 0.434 e. The van der Waals surface area contributed by atoms with Gasteiger partial charge in [-0.1, -0.05) is 12.1 Å². The SMILES string of the molecule is CC1(C)C(=O)N(c2ncccn2)c2cccc(-c3cnc(C(F)(F)F)c(C(=O)Nc4ccc(F)c(F)c4)c3)c21. The quantitative estimate of drug-likeness (QED) is 0.320. The van der Waals surface area contributed by atoms with Crippen LogP contribution >= 0.6 is 0 Å². The van der Waals surface area contributed by atoms with E-state index in [1.165, 1.54) is 17.3 Å². The van der Waals surface area contributed by atoms with Crippen LogP contribution < -0.4 is 10.2 Å². The van der Waals surface area contributed by atoms with Gasteiger partial charge in [0.25, 0.3) is 5.91 Å². The number of fused-ring (bicyclic) bond motifs is 1. The Morgan fingerprint density at radius 1 is 0.949 bits per heavy atom. The number of rotatable bonds is 4. The normalized spacial score (nSPS) is 14.3. The predicted octanol–water partition coefficient (Wildman–Crippen LogP) is 6.04. The van der Waals surface area contributed by atoms with Crippen LogP contribution in [0.3, 0.4) is 0 Å². The summed E-state index contributed by atoms with van der Waals surface area (Å²) in [5.41, 5.74) is -2.27. The summed E-state index contributed by atoms with van der Waals surface area (Å²) in [6.45, 7) is 3.32. The highest BCUT2D eigenvalue weighted by atomic mass is 19.4. The molecule has 0 unspecified atom stereocenters. The molecule has 0 atom stereocenters. The van der Waals surface area contributed by atoms with Crippen molar-refractivity contribution in [2.45, 2.75) is 25.4 Å². The summed E-state index contributed by atoms with van der Waals surface area (Å²) in [6.07, 6.45) is -1.08. The second kappa shape index (κ2) is 9.22. The number of aromatic nitrogens is 3. The number of nitrogens with zero attached hydrogens (tertiary/aromatic N) is 4. The lowest BCUT2D eigenvalue weighted by Crippen LogP contribution is -2.34. The highest BCUT2D eigenvalue weighted by Crippen LogP contribution is 2.49. The first-order valence-electron chi connectivity index (χ1n) is 11.5. The van der Waals surface area contributed by atoms with Crippen molar-refractivity contribution < 1.29 is 31.5 Å². The fraction of sp³-hybridized carbons (Fsp3) is 0.148. The van der Waals surface area contributed by atoms with Crippen molar-refractivity contribution >= 4 is 29.1 Å². The van der Waals surface area contributed by atoms with Crippen molar-refractivity contribution in [2.75, 3.05) is 10.2 Å². The van der Waals surface area contributed by atoms with Gasteiger partial charge in [-0.3, -0.25) is 14.6 Å². The lowest BCUT2D eigenvalue weighted by atomic mass is 9.81. The van der Waals surface area contributed by atoms with Crippen molar-refractivity contribution in [2.24, 2.45) is 0 Å². The monoisotopic (exact) mass is 539 g/mol. The number of carbonyl (C=O) groups excluding carboxylic acids is 2. The highest BCUT2D eigenvalue weighted by Gasteiger charge is 2.47. The van der Waals surface area contributed by atoms with Crippen LogP contribution in [0.2, 0.25) is 0 Å². The molecule has 0 spiro atoms. The fourth-order valence-corrected chi connectivity index (χ4v) is 4.51. The second-order valence-electron chi connectivity index (χ2n) is 9.21. The van der Waals surface area contributed by atoms with Crippen LogP contribution in [-0.4, -0.2) is 26.8 Å². The molecule has 12 heteroatoms. The van der Waals surface area contributed by atoms with Gasteiger partial charge < -0.3 is 5.32 Å². The Labute approximate surface area is 218 Å². The maximum absolute atomic E-state index is 13.8. The number of pyridine rings is 1. The smallest absolute Gasteiger partial charge is 0.322 e. The first kappa shape index (κ1) is 25.9. The minimum absolute atomic E-state index is 0.128. The van der Waals surface area contributed by atoms with Gasteiger partial charge >= 0.3 is 6.18 Å². The second-order valence-corrected chi connectivity index (χ2v) is 9.21. The van der Waals surface area contributed by atoms with Crippen LogP contribution in [0, 0.1) is 11.6 Å². The lowest BCUT2D eigenvalue weighted by molar-refractivity contribution is -0.141. The number of alkyl halides is 3. The molecule has 5 rings (SSSR count). The Bertz CT molecular complexity index is 1620. The summed E-state index contributed by atoms with van der Waals surface area (Å²) in [5.74, 6) is -3.92. The number of halogens is 5. The highest BCUT2D eigenvalue weighted by molar-refractivity contribution is 6.13. The Kier molecular flexibility index (Phi) is 6.12. The van der Waals surface area contributed by atoms with Crippen molar-refractivity contribution in [3.8, 4) is 11.1 Å². The Morgan fingerprint density at radius 2 is 1.67 bits per heavy atom. The summed E-state index contributed by atoms with van der Waals surface area (Å²) in [7, 11) is 0. The van der Waals surface area contributed by atoms with Gasteiger partial charge in [0.05, 0.1) is 16.7 Å². The number of anilines is 3. The zero-order valence-corrected chi connectivity index (χ0v) is 20.3. The van der Waals surface area contributed by atoms with Gasteiger partial charge in [-0.15, -0.1) is 0 Å². The average molecular weight is 539 g/mol. The first-order chi connectivity index (χ1) is 18.4. The van der Waals surface area contributed by atoms with E-state index in [0.717, 1.165) is 24.4 Å². The minimum atomic E-state index is -4.99. The molecule has 3 heterocycles. The van der Waals surface area contributed by atoms with Gasteiger partial charge in [0.15, 0.2) is 17.3 Å². The molecule has 39 heavy (non-hydrogen) atoms. The van der Waals surface area contributed by atoms with Gasteiger partial charge in [0, 0.05) is 35.9 Å². The molecule has 198 valence electrons. The molecule has 0 saturated heterocycles. The van der Waals surface area contributed by atoms with Gasteiger partial charge in [-0.2, -0.15) is 13.2 Å². The number of amides is 2. The molecule has 0 fully saturated rings. The molecular weight excluding hydrogens is 521 g/mol. The fourth-order valence-electron chi connectivity index (χ4n) is 4.51. The molecule has 7 nitrogen and oxygen atoms in total. The van der Waals surface area contributed by atoms with Crippen LogP contribution in [0.1, 0.15) is 35.5 Å². The Morgan fingerprint density at radius 3 is 2.33 bits per heavy atom. The van der Waals surface area contributed by atoms with E-state index < -0.39 is 40.4 Å².